The van der Waals surface area contributed by atoms with E-state index in [4.69, 9.17) is 11.6 Å². The van der Waals surface area contributed by atoms with Gasteiger partial charge >= 0.3 is 0 Å². The van der Waals surface area contributed by atoms with E-state index in [1.165, 1.54) is 0 Å². The molecule has 2 nitrogen and oxygen atoms in total. The fraction of sp³-hybridized carbons (Fsp3) is 0.308. The Morgan fingerprint density at radius 2 is 2.00 bits per heavy atom. The summed E-state index contributed by atoms with van der Waals surface area (Å²) in [5, 5.41) is 1.76. The zero-order valence-electron chi connectivity index (χ0n) is 9.62. The number of carbonyl (C=O) groups is 1. The normalized spacial score (nSPS) is 11.3. The summed E-state index contributed by atoms with van der Waals surface area (Å²) < 4.78 is 2.03. The van der Waals surface area contributed by atoms with Crippen molar-refractivity contribution >= 4 is 28.3 Å². The van der Waals surface area contributed by atoms with Crippen molar-refractivity contribution in [2.24, 2.45) is 0 Å². The molecule has 2 rings (SSSR count). The van der Waals surface area contributed by atoms with Crippen LogP contribution in [0.2, 0.25) is 5.02 Å². The van der Waals surface area contributed by atoms with Crippen LogP contribution in [-0.2, 0) is 0 Å². The minimum absolute atomic E-state index is 0.0843. The third kappa shape index (κ3) is 1.74. The molecule has 2 aromatic rings. The zero-order valence-corrected chi connectivity index (χ0v) is 10.4. The van der Waals surface area contributed by atoms with Crippen LogP contribution in [0.4, 0.5) is 0 Å². The fourth-order valence-corrected chi connectivity index (χ4v) is 2.19. The van der Waals surface area contributed by atoms with Gasteiger partial charge in [-0.15, -0.1) is 0 Å². The number of hydrogen-bond acceptors (Lipinski definition) is 1. The van der Waals surface area contributed by atoms with Crippen molar-refractivity contribution in [1.29, 1.82) is 0 Å². The predicted molar refractivity (Wildman–Crippen MR) is 67.3 cm³/mol. The fourth-order valence-electron chi connectivity index (χ4n) is 2.02. The van der Waals surface area contributed by atoms with E-state index >= 15 is 0 Å². The van der Waals surface area contributed by atoms with Gasteiger partial charge < -0.3 is 4.57 Å². The van der Waals surface area contributed by atoms with E-state index in [2.05, 4.69) is 13.8 Å². The Bertz CT molecular complexity index is 554. The first kappa shape index (κ1) is 11.2. The van der Waals surface area contributed by atoms with Crippen LogP contribution < -0.4 is 0 Å². The Morgan fingerprint density at radius 3 is 2.56 bits per heavy atom. The van der Waals surface area contributed by atoms with E-state index in [1.807, 2.05) is 28.8 Å². The molecule has 0 bridgehead atoms. The maximum atomic E-state index is 11.6. The summed E-state index contributed by atoms with van der Waals surface area (Å²) in [6, 6.07) is 7.87. The van der Waals surface area contributed by atoms with Crippen molar-refractivity contribution in [1.82, 2.24) is 4.57 Å². The molecule has 0 aliphatic rings. The molecule has 1 heterocycles. The lowest BCUT2D eigenvalue weighted by molar-refractivity contribution is 0.100. The first-order chi connectivity index (χ1) is 7.50. The van der Waals surface area contributed by atoms with Crippen LogP contribution in [0.3, 0.4) is 0 Å². The first-order valence-corrected chi connectivity index (χ1v) is 5.70. The molecule has 0 unspecified atom stereocenters. The number of fused-ring (bicyclic) bond motifs is 1. The van der Waals surface area contributed by atoms with Crippen molar-refractivity contribution in [2.45, 2.75) is 26.8 Å². The smallest absolute Gasteiger partial charge is 0.176 e. The summed E-state index contributed by atoms with van der Waals surface area (Å²) in [7, 11) is 0. The number of nitrogens with zero attached hydrogens (tertiary/aromatic N) is 1. The highest BCUT2D eigenvalue weighted by atomic mass is 35.5. The molecular weight excluding hydrogens is 222 g/mol. The van der Waals surface area contributed by atoms with Crippen LogP contribution in [0.15, 0.2) is 24.3 Å². The van der Waals surface area contributed by atoms with Gasteiger partial charge in [0.25, 0.3) is 0 Å². The third-order valence-electron chi connectivity index (χ3n) is 2.68. The lowest BCUT2D eigenvalue weighted by Crippen LogP contribution is -2.08. The van der Waals surface area contributed by atoms with Gasteiger partial charge in [-0.1, -0.05) is 17.7 Å². The number of carbonyl (C=O) groups excluding carboxylic acids is 1. The van der Waals surface area contributed by atoms with Gasteiger partial charge in [0.2, 0.25) is 0 Å². The second-order valence-electron chi connectivity index (χ2n) is 4.25. The minimum Gasteiger partial charge on any atom is -0.335 e. The highest BCUT2D eigenvalue weighted by Crippen LogP contribution is 2.26. The monoisotopic (exact) mass is 235 g/mol. The number of benzene rings is 1. The number of hydrogen-bond donors (Lipinski definition) is 0. The van der Waals surface area contributed by atoms with E-state index in [0.717, 1.165) is 16.6 Å². The number of aromatic nitrogens is 1. The van der Waals surface area contributed by atoms with Crippen LogP contribution in [0.1, 0.15) is 37.3 Å². The molecule has 0 N–H and O–H groups in total. The average Bonchev–Trinajstić information content (AvgIpc) is 2.55. The van der Waals surface area contributed by atoms with E-state index in [9.17, 15) is 4.79 Å². The number of halogens is 1. The molecule has 0 atom stereocenters. The molecule has 1 aromatic carbocycles. The van der Waals surface area contributed by atoms with Gasteiger partial charge in [-0.05, 0) is 32.0 Å². The van der Waals surface area contributed by atoms with Crippen LogP contribution in [0.25, 0.3) is 10.9 Å². The molecule has 84 valence electrons. The van der Waals surface area contributed by atoms with E-state index in [1.54, 1.807) is 6.92 Å². The van der Waals surface area contributed by atoms with Crippen LogP contribution in [0.5, 0.6) is 0 Å². The number of Topliss-reactive ketones (excluding diaryl/α,β-unsaturated/α-hetero) is 1. The molecule has 16 heavy (non-hydrogen) atoms. The third-order valence-corrected chi connectivity index (χ3v) is 2.92. The summed E-state index contributed by atoms with van der Waals surface area (Å²) >= 11 is 5.99. The Kier molecular flexibility index (Phi) is 2.76. The molecular formula is C13H14ClNO. The molecule has 0 fully saturated rings. The van der Waals surface area contributed by atoms with Gasteiger partial charge in [-0.25, -0.2) is 0 Å². The van der Waals surface area contributed by atoms with Gasteiger partial charge in [0, 0.05) is 23.4 Å². The topological polar surface area (TPSA) is 22.0 Å². The van der Waals surface area contributed by atoms with Gasteiger partial charge in [-0.3, -0.25) is 4.79 Å². The van der Waals surface area contributed by atoms with Crippen LogP contribution in [-0.4, -0.2) is 10.4 Å². The van der Waals surface area contributed by atoms with E-state index in [0.29, 0.717) is 5.02 Å². The molecule has 3 heteroatoms. The minimum atomic E-state index is 0.0843. The van der Waals surface area contributed by atoms with Crippen LogP contribution >= 0.6 is 11.6 Å². The van der Waals surface area contributed by atoms with Gasteiger partial charge in [-0.2, -0.15) is 0 Å². The summed E-state index contributed by atoms with van der Waals surface area (Å²) in [5.41, 5.74) is 1.76. The molecule has 0 radical (unpaired) electrons. The summed E-state index contributed by atoms with van der Waals surface area (Å²) in [5.74, 6) is 0.0843. The van der Waals surface area contributed by atoms with Crippen molar-refractivity contribution < 1.29 is 4.79 Å². The van der Waals surface area contributed by atoms with E-state index < -0.39 is 0 Å². The Labute approximate surface area is 99.8 Å². The Balaban J connectivity index is 2.82. The number of ketones is 1. The Morgan fingerprint density at radius 1 is 1.31 bits per heavy atom. The highest BCUT2D eigenvalue weighted by Gasteiger charge is 2.14. The maximum absolute atomic E-state index is 11.6. The highest BCUT2D eigenvalue weighted by molar-refractivity contribution is 6.31. The Hall–Kier alpha value is -1.28. The largest absolute Gasteiger partial charge is 0.335 e. The average molecular weight is 236 g/mol. The summed E-state index contributed by atoms with van der Waals surface area (Å²) in [4.78, 5) is 11.6. The molecule has 0 aliphatic carbocycles. The molecule has 0 aliphatic heterocycles. The quantitative estimate of drug-likeness (QED) is 0.719. The second-order valence-corrected chi connectivity index (χ2v) is 4.69. The van der Waals surface area contributed by atoms with Crippen molar-refractivity contribution in [3.05, 3.63) is 35.0 Å². The van der Waals surface area contributed by atoms with Crippen molar-refractivity contribution in [3.63, 3.8) is 0 Å². The SMILES string of the molecule is CC(=O)c1cc2ccc(Cl)cc2n1C(C)C. The molecule has 0 amide bonds. The second kappa shape index (κ2) is 3.95. The van der Waals surface area contributed by atoms with Crippen molar-refractivity contribution in [2.75, 3.05) is 0 Å². The number of rotatable bonds is 2. The van der Waals surface area contributed by atoms with E-state index in [-0.39, 0.29) is 11.8 Å². The summed E-state index contributed by atoms with van der Waals surface area (Å²) in [6.45, 7) is 5.72. The van der Waals surface area contributed by atoms with Gasteiger partial charge in [0.1, 0.15) is 0 Å². The lowest BCUT2D eigenvalue weighted by atomic mass is 10.2. The maximum Gasteiger partial charge on any atom is 0.176 e. The molecule has 0 spiro atoms. The van der Waals surface area contributed by atoms with Gasteiger partial charge in [0.05, 0.1) is 11.2 Å². The van der Waals surface area contributed by atoms with Crippen molar-refractivity contribution in [3.8, 4) is 0 Å². The lowest BCUT2D eigenvalue weighted by Gasteiger charge is -2.12. The standard InChI is InChI=1S/C13H14ClNO/c1-8(2)15-12(9(3)16)6-10-4-5-11(14)7-13(10)15/h4-8H,1-3H3. The zero-order chi connectivity index (χ0) is 11.9. The summed E-state index contributed by atoms with van der Waals surface area (Å²) in [6.07, 6.45) is 0. The predicted octanol–water partition coefficient (Wildman–Crippen LogP) is 4.08. The molecule has 0 saturated carbocycles. The molecule has 0 saturated heterocycles. The van der Waals surface area contributed by atoms with Gasteiger partial charge in [0.15, 0.2) is 5.78 Å². The first-order valence-electron chi connectivity index (χ1n) is 5.32. The molecule has 1 aromatic heterocycles. The van der Waals surface area contributed by atoms with Crippen LogP contribution in [0, 0.1) is 0 Å².